The predicted molar refractivity (Wildman–Crippen MR) is 91.6 cm³/mol. The number of halogens is 2. The van der Waals surface area contributed by atoms with Crippen LogP contribution in [0.2, 0.25) is 10.0 Å². The highest BCUT2D eigenvalue weighted by molar-refractivity contribution is 7.87. The normalized spacial score (nSPS) is 11.1. The standard InChI is InChI=1S/C16H14Cl2O5S/c1-11-8-12(22-7-3-6-19)10-13(9-11)23-24(20,21)15-5-2-4-14(17)16(15)18/h2,4-6,8-10H,3,7H2,1H3. The van der Waals surface area contributed by atoms with Crippen molar-refractivity contribution >= 4 is 39.6 Å². The fraction of sp³-hybridized carbons (Fsp3) is 0.188. The molecule has 0 saturated carbocycles. The van der Waals surface area contributed by atoms with Gasteiger partial charge in [-0.1, -0.05) is 29.3 Å². The highest BCUT2D eigenvalue weighted by Crippen LogP contribution is 2.32. The lowest BCUT2D eigenvalue weighted by molar-refractivity contribution is -0.108. The minimum absolute atomic E-state index is 0.0761. The number of carbonyl (C=O) groups excluding carboxylic acids is 1. The number of hydrogen-bond acceptors (Lipinski definition) is 5. The Labute approximate surface area is 150 Å². The number of rotatable bonds is 7. The maximum absolute atomic E-state index is 12.4. The molecule has 0 fully saturated rings. The topological polar surface area (TPSA) is 69.7 Å². The van der Waals surface area contributed by atoms with Crippen molar-refractivity contribution in [1.82, 2.24) is 0 Å². The van der Waals surface area contributed by atoms with E-state index in [9.17, 15) is 13.2 Å². The Morgan fingerprint density at radius 2 is 1.83 bits per heavy atom. The Kier molecular flexibility index (Phi) is 6.10. The van der Waals surface area contributed by atoms with Crippen molar-refractivity contribution in [3.63, 3.8) is 0 Å². The fourth-order valence-corrected chi connectivity index (χ4v) is 3.57. The molecule has 2 rings (SSSR count). The predicted octanol–water partition coefficient (Wildman–Crippen LogP) is 4.04. The highest BCUT2D eigenvalue weighted by Gasteiger charge is 2.22. The smallest absolute Gasteiger partial charge is 0.340 e. The van der Waals surface area contributed by atoms with Crippen LogP contribution in [0.3, 0.4) is 0 Å². The molecule has 0 amide bonds. The summed E-state index contributed by atoms with van der Waals surface area (Å²) in [5.74, 6) is 0.478. The Morgan fingerprint density at radius 1 is 1.12 bits per heavy atom. The van der Waals surface area contributed by atoms with Crippen LogP contribution < -0.4 is 8.92 Å². The summed E-state index contributed by atoms with van der Waals surface area (Å²) >= 11 is 11.8. The van der Waals surface area contributed by atoms with Gasteiger partial charge in [-0.3, -0.25) is 0 Å². The van der Waals surface area contributed by atoms with Gasteiger partial charge in [-0.25, -0.2) is 0 Å². The molecule has 8 heteroatoms. The molecular weight excluding hydrogens is 375 g/mol. The van der Waals surface area contributed by atoms with Crippen LogP contribution in [0.1, 0.15) is 12.0 Å². The number of ether oxygens (including phenoxy) is 1. The lowest BCUT2D eigenvalue weighted by Crippen LogP contribution is -2.11. The van der Waals surface area contributed by atoms with E-state index in [4.69, 9.17) is 32.1 Å². The van der Waals surface area contributed by atoms with Crippen molar-refractivity contribution in [3.8, 4) is 11.5 Å². The van der Waals surface area contributed by atoms with Crippen molar-refractivity contribution in [1.29, 1.82) is 0 Å². The van der Waals surface area contributed by atoms with E-state index >= 15 is 0 Å². The van der Waals surface area contributed by atoms with Crippen molar-refractivity contribution in [2.24, 2.45) is 0 Å². The molecule has 0 aliphatic rings. The average Bonchev–Trinajstić information content (AvgIpc) is 2.49. The second-order valence-corrected chi connectivity index (χ2v) is 7.17. The summed E-state index contributed by atoms with van der Waals surface area (Å²) in [6.07, 6.45) is 0.972. The molecule has 0 unspecified atom stereocenters. The van der Waals surface area contributed by atoms with Gasteiger partial charge >= 0.3 is 10.1 Å². The lowest BCUT2D eigenvalue weighted by atomic mass is 10.2. The van der Waals surface area contributed by atoms with Gasteiger partial charge < -0.3 is 13.7 Å². The van der Waals surface area contributed by atoms with Crippen LogP contribution in [0.5, 0.6) is 11.5 Å². The molecule has 0 spiro atoms. The van der Waals surface area contributed by atoms with Gasteiger partial charge in [0.25, 0.3) is 0 Å². The molecule has 0 saturated heterocycles. The molecule has 0 atom stereocenters. The second kappa shape index (κ2) is 7.88. The Balaban J connectivity index is 2.29. The minimum Gasteiger partial charge on any atom is -0.493 e. The van der Waals surface area contributed by atoms with Crippen LogP contribution in [0.25, 0.3) is 0 Å². The summed E-state index contributed by atoms with van der Waals surface area (Å²) in [6, 6.07) is 8.93. The largest absolute Gasteiger partial charge is 0.493 e. The van der Waals surface area contributed by atoms with Gasteiger partial charge in [0, 0.05) is 12.5 Å². The summed E-state index contributed by atoms with van der Waals surface area (Å²) < 4.78 is 35.3. The van der Waals surface area contributed by atoms with E-state index in [-0.39, 0.29) is 33.7 Å². The maximum Gasteiger partial charge on any atom is 0.340 e. The third kappa shape index (κ3) is 4.63. The molecule has 0 radical (unpaired) electrons. The zero-order valence-electron chi connectivity index (χ0n) is 12.7. The van der Waals surface area contributed by atoms with Crippen LogP contribution in [-0.2, 0) is 14.9 Å². The molecule has 128 valence electrons. The molecular formula is C16H14Cl2O5S. The number of aryl methyl sites for hydroxylation is 1. The molecule has 0 heterocycles. The third-order valence-corrected chi connectivity index (χ3v) is 5.14. The van der Waals surface area contributed by atoms with Crippen LogP contribution in [-0.4, -0.2) is 21.3 Å². The SMILES string of the molecule is Cc1cc(OCCC=O)cc(OS(=O)(=O)c2cccc(Cl)c2Cl)c1. The lowest BCUT2D eigenvalue weighted by Gasteiger charge is -2.11. The number of benzene rings is 2. The van der Waals surface area contributed by atoms with Crippen LogP contribution in [0, 0.1) is 6.92 Å². The zero-order chi connectivity index (χ0) is 17.7. The maximum atomic E-state index is 12.4. The Morgan fingerprint density at radius 3 is 2.54 bits per heavy atom. The first-order chi connectivity index (χ1) is 11.3. The van der Waals surface area contributed by atoms with Crippen LogP contribution >= 0.6 is 23.2 Å². The van der Waals surface area contributed by atoms with E-state index in [1.165, 1.54) is 24.3 Å². The van der Waals surface area contributed by atoms with E-state index in [0.29, 0.717) is 5.75 Å². The van der Waals surface area contributed by atoms with Gasteiger partial charge in [-0.15, -0.1) is 0 Å². The average molecular weight is 389 g/mol. The zero-order valence-corrected chi connectivity index (χ0v) is 15.0. The van der Waals surface area contributed by atoms with E-state index in [1.54, 1.807) is 19.1 Å². The van der Waals surface area contributed by atoms with E-state index in [2.05, 4.69) is 0 Å². The van der Waals surface area contributed by atoms with Crippen molar-refractivity contribution in [3.05, 3.63) is 52.0 Å². The first kappa shape index (κ1) is 18.6. The van der Waals surface area contributed by atoms with Crippen molar-refractivity contribution in [2.45, 2.75) is 18.2 Å². The van der Waals surface area contributed by atoms with Gasteiger partial charge in [0.1, 0.15) is 22.7 Å². The quantitative estimate of drug-likeness (QED) is 0.406. The fourth-order valence-electron chi connectivity index (χ4n) is 1.92. The van der Waals surface area contributed by atoms with Crippen molar-refractivity contribution in [2.75, 3.05) is 6.61 Å². The summed E-state index contributed by atoms with van der Waals surface area (Å²) in [5, 5.41) is 0.0118. The van der Waals surface area contributed by atoms with Crippen LogP contribution in [0.4, 0.5) is 0 Å². The first-order valence-corrected chi connectivity index (χ1v) is 9.06. The van der Waals surface area contributed by atoms with Gasteiger partial charge in [-0.05, 0) is 36.8 Å². The van der Waals surface area contributed by atoms with Crippen LogP contribution in [0.15, 0.2) is 41.3 Å². The monoisotopic (exact) mass is 388 g/mol. The van der Waals surface area contributed by atoms with Crippen molar-refractivity contribution < 1.29 is 22.1 Å². The summed E-state index contributed by atoms with van der Waals surface area (Å²) in [4.78, 5) is 10.1. The molecule has 2 aromatic rings. The van der Waals surface area contributed by atoms with E-state index in [0.717, 1.165) is 11.8 Å². The number of aldehydes is 1. The molecule has 0 aliphatic carbocycles. The number of hydrogen-bond donors (Lipinski definition) is 0. The Hall–Kier alpha value is -1.76. The van der Waals surface area contributed by atoms with E-state index < -0.39 is 10.1 Å². The highest BCUT2D eigenvalue weighted by atomic mass is 35.5. The molecule has 0 bridgehead atoms. The van der Waals surface area contributed by atoms with Gasteiger partial charge in [0.15, 0.2) is 0 Å². The number of carbonyl (C=O) groups is 1. The van der Waals surface area contributed by atoms with Gasteiger partial charge in [0.2, 0.25) is 0 Å². The molecule has 0 aromatic heterocycles. The summed E-state index contributed by atoms with van der Waals surface area (Å²) in [7, 11) is -4.15. The third-order valence-electron chi connectivity index (χ3n) is 2.92. The van der Waals surface area contributed by atoms with Gasteiger partial charge in [-0.2, -0.15) is 8.42 Å². The second-order valence-electron chi connectivity index (χ2n) is 4.87. The summed E-state index contributed by atoms with van der Waals surface area (Å²) in [6.45, 7) is 1.96. The molecule has 5 nitrogen and oxygen atoms in total. The molecule has 2 aromatic carbocycles. The summed E-state index contributed by atoms with van der Waals surface area (Å²) in [5.41, 5.74) is 0.737. The Bertz CT molecular complexity index is 850. The van der Waals surface area contributed by atoms with E-state index in [1.807, 2.05) is 0 Å². The molecule has 0 aliphatic heterocycles. The molecule has 24 heavy (non-hydrogen) atoms. The minimum atomic E-state index is -4.15. The molecule has 0 N–H and O–H groups in total. The van der Waals surface area contributed by atoms with Gasteiger partial charge in [0.05, 0.1) is 16.7 Å². The first-order valence-electron chi connectivity index (χ1n) is 6.90.